The van der Waals surface area contributed by atoms with Gasteiger partial charge >= 0.3 is 71.2 Å². The monoisotopic (exact) mass is 239 g/mol. The van der Waals surface area contributed by atoms with Crippen LogP contribution in [-0.2, 0) is 0 Å². The second-order valence-corrected chi connectivity index (χ2v) is 3.43. The number of nitrogens with zero attached hydrogens (tertiary/aromatic N) is 1. The predicted molar refractivity (Wildman–Crippen MR) is 40.8 cm³/mol. The maximum absolute atomic E-state index is 5.31. The standard InChI is InChI=1S/C7H4NO.Sn.H/c1-2-4-7-6(3-1)8-5-9-7;;/h1-4H;;. The summed E-state index contributed by atoms with van der Waals surface area (Å²) in [7, 11) is 0. The summed E-state index contributed by atoms with van der Waals surface area (Å²) in [4.78, 5) is 4.20. The van der Waals surface area contributed by atoms with Crippen molar-refractivity contribution < 1.29 is 4.42 Å². The maximum atomic E-state index is 5.31. The molecule has 3 heteroatoms. The molecule has 1 heterocycles. The van der Waals surface area contributed by atoms with Crippen LogP contribution in [0.2, 0.25) is 0 Å². The van der Waals surface area contributed by atoms with E-state index in [1.807, 2.05) is 24.3 Å². The zero-order valence-electron chi connectivity index (χ0n) is 5.24. The summed E-state index contributed by atoms with van der Waals surface area (Å²) in [6.07, 6.45) is 0. The third kappa shape index (κ3) is 0.922. The fraction of sp³-hybridized carbons (Fsp3) is 0. The van der Waals surface area contributed by atoms with Gasteiger partial charge in [-0.25, -0.2) is 0 Å². The zero-order chi connectivity index (χ0) is 6.97. The Morgan fingerprint density at radius 2 is 2.10 bits per heavy atom. The number of hydrogen-bond acceptors (Lipinski definition) is 2. The molecule has 2 rings (SSSR count). The van der Waals surface area contributed by atoms with E-state index in [2.05, 4.69) is 4.98 Å². The molecule has 2 aromatic rings. The number of aromatic nitrogens is 1. The van der Waals surface area contributed by atoms with E-state index in [0.717, 1.165) is 37.5 Å². The first kappa shape index (κ1) is 6.22. The quantitative estimate of drug-likeness (QED) is 0.619. The molecule has 2 radical (unpaired) electrons. The molecule has 0 amide bonds. The van der Waals surface area contributed by atoms with Crippen LogP contribution < -0.4 is 3.91 Å². The third-order valence-electron chi connectivity index (χ3n) is 1.31. The van der Waals surface area contributed by atoms with Gasteiger partial charge in [0.2, 0.25) is 0 Å². The summed E-state index contributed by atoms with van der Waals surface area (Å²) in [5.41, 5.74) is 1.86. The molecule has 0 spiro atoms. The first-order valence-electron chi connectivity index (χ1n) is 2.97. The van der Waals surface area contributed by atoms with Crippen LogP contribution in [0, 0.1) is 0 Å². The van der Waals surface area contributed by atoms with Crippen LogP contribution >= 0.6 is 0 Å². The predicted octanol–water partition coefficient (Wildman–Crippen LogP) is 0.354. The SMILES string of the molecule is [SnH][c]1nc2ccccc2o1. The van der Waals surface area contributed by atoms with Gasteiger partial charge in [-0.1, -0.05) is 0 Å². The minimum atomic E-state index is 0.853. The molecule has 0 bridgehead atoms. The van der Waals surface area contributed by atoms with Gasteiger partial charge in [-0.05, 0) is 0 Å². The zero-order valence-corrected chi connectivity index (χ0v) is 8.54. The van der Waals surface area contributed by atoms with Crippen molar-refractivity contribution >= 4 is 37.5 Å². The summed E-state index contributed by atoms with van der Waals surface area (Å²) >= 11 is 0.946. The molecule has 1 aromatic heterocycles. The Balaban J connectivity index is 2.88. The fourth-order valence-electron chi connectivity index (χ4n) is 0.890. The normalized spacial score (nSPS) is 10.5. The molecule has 1 aromatic carbocycles. The molecule has 48 valence electrons. The minimum absolute atomic E-state index is 0.853. The summed E-state index contributed by atoms with van der Waals surface area (Å²) in [5, 5.41) is 0. The average molecular weight is 238 g/mol. The molecule has 2 nitrogen and oxygen atoms in total. The van der Waals surface area contributed by atoms with Crippen LogP contribution in [0.4, 0.5) is 0 Å². The molecule has 0 fully saturated rings. The molecule has 0 unspecified atom stereocenters. The Morgan fingerprint density at radius 3 is 2.90 bits per heavy atom. The van der Waals surface area contributed by atoms with E-state index in [9.17, 15) is 0 Å². The first-order chi connectivity index (χ1) is 4.86. The molecule has 0 aliphatic carbocycles. The Morgan fingerprint density at radius 1 is 1.30 bits per heavy atom. The van der Waals surface area contributed by atoms with Crippen molar-refractivity contribution in [3.63, 3.8) is 0 Å². The van der Waals surface area contributed by atoms with Crippen molar-refractivity contribution in [1.29, 1.82) is 0 Å². The topological polar surface area (TPSA) is 26.0 Å². The van der Waals surface area contributed by atoms with Gasteiger partial charge < -0.3 is 0 Å². The number of oxazole rings is 1. The summed E-state index contributed by atoms with van der Waals surface area (Å²) in [6.45, 7) is 0. The van der Waals surface area contributed by atoms with E-state index in [1.165, 1.54) is 0 Å². The molecular formula is C7H5NOSn. The summed E-state index contributed by atoms with van der Waals surface area (Å²) < 4.78 is 6.17. The van der Waals surface area contributed by atoms with Crippen LogP contribution in [0.15, 0.2) is 28.7 Å². The molecule has 0 saturated heterocycles. The van der Waals surface area contributed by atoms with Gasteiger partial charge in [0.1, 0.15) is 0 Å². The van der Waals surface area contributed by atoms with Crippen molar-refractivity contribution in [2.75, 3.05) is 0 Å². The number of para-hydroxylation sites is 2. The van der Waals surface area contributed by atoms with Crippen LogP contribution in [0.5, 0.6) is 0 Å². The molecule has 0 N–H and O–H groups in total. The van der Waals surface area contributed by atoms with Crippen molar-refractivity contribution in [1.82, 2.24) is 4.98 Å². The van der Waals surface area contributed by atoms with Gasteiger partial charge in [-0.15, -0.1) is 0 Å². The van der Waals surface area contributed by atoms with Crippen LogP contribution in [0.3, 0.4) is 0 Å². The van der Waals surface area contributed by atoms with Crippen LogP contribution in [-0.4, -0.2) is 27.5 Å². The average Bonchev–Trinajstić information content (AvgIpc) is 2.27. The number of benzene rings is 1. The number of rotatable bonds is 0. The Hall–Kier alpha value is -0.511. The number of hydrogen-bond donors (Lipinski definition) is 0. The Kier molecular flexibility index (Phi) is 1.41. The molecule has 10 heavy (non-hydrogen) atoms. The summed E-state index contributed by atoms with van der Waals surface area (Å²) in [6, 6.07) is 7.81. The first-order valence-corrected chi connectivity index (χ1v) is 4.62. The van der Waals surface area contributed by atoms with Gasteiger partial charge in [0.05, 0.1) is 0 Å². The fourth-order valence-corrected chi connectivity index (χ4v) is 1.65. The van der Waals surface area contributed by atoms with E-state index >= 15 is 0 Å². The van der Waals surface area contributed by atoms with E-state index < -0.39 is 0 Å². The van der Waals surface area contributed by atoms with Crippen molar-refractivity contribution in [2.45, 2.75) is 0 Å². The van der Waals surface area contributed by atoms with E-state index in [-0.39, 0.29) is 0 Å². The Labute approximate surface area is 71.3 Å². The van der Waals surface area contributed by atoms with Gasteiger partial charge in [-0.3, -0.25) is 0 Å². The van der Waals surface area contributed by atoms with Crippen LogP contribution in [0.25, 0.3) is 11.1 Å². The number of fused-ring (bicyclic) bond motifs is 1. The van der Waals surface area contributed by atoms with Crippen molar-refractivity contribution in [2.24, 2.45) is 0 Å². The summed E-state index contributed by atoms with van der Waals surface area (Å²) in [5.74, 6) is 0. The molecule has 0 atom stereocenters. The van der Waals surface area contributed by atoms with Gasteiger partial charge in [0.15, 0.2) is 0 Å². The second-order valence-electron chi connectivity index (χ2n) is 2.02. The molecule has 0 aliphatic heterocycles. The second kappa shape index (κ2) is 2.27. The van der Waals surface area contributed by atoms with E-state index in [4.69, 9.17) is 4.42 Å². The van der Waals surface area contributed by atoms with E-state index in [1.54, 1.807) is 0 Å². The molecule has 0 saturated carbocycles. The molecule has 0 aliphatic rings. The van der Waals surface area contributed by atoms with E-state index in [0.29, 0.717) is 0 Å². The van der Waals surface area contributed by atoms with Crippen LogP contribution in [0.1, 0.15) is 0 Å². The van der Waals surface area contributed by atoms with Gasteiger partial charge in [0, 0.05) is 0 Å². The van der Waals surface area contributed by atoms with Gasteiger partial charge in [-0.2, -0.15) is 0 Å². The van der Waals surface area contributed by atoms with Crippen molar-refractivity contribution in [3.8, 4) is 0 Å². The van der Waals surface area contributed by atoms with Gasteiger partial charge in [0.25, 0.3) is 0 Å². The Bertz CT molecular complexity index is 322. The van der Waals surface area contributed by atoms with Crippen molar-refractivity contribution in [3.05, 3.63) is 24.3 Å². The molecular weight excluding hydrogens is 233 g/mol. The third-order valence-corrected chi connectivity index (χ3v) is 2.02.